The van der Waals surface area contributed by atoms with Crippen LogP contribution in [0.4, 0.5) is 5.69 Å². The lowest BCUT2D eigenvalue weighted by molar-refractivity contribution is -0.121. The maximum absolute atomic E-state index is 12.4. The smallest absolute Gasteiger partial charge is 0.246 e. The third-order valence-electron chi connectivity index (χ3n) is 4.05. The second kappa shape index (κ2) is 7.25. The number of carbonyl (C=O) groups is 2. The number of hydrogen-bond acceptors (Lipinski definition) is 2. The molecular weight excluding hydrogens is 264 g/mol. The normalized spacial score (nSPS) is 15.3. The molecule has 4 nitrogen and oxygen atoms in total. The summed E-state index contributed by atoms with van der Waals surface area (Å²) in [5.74, 6) is 0.626. The number of anilines is 1. The van der Waals surface area contributed by atoms with E-state index in [1.807, 2.05) is 19.1 Å². The van der Waals surface area contributed by atoms with Crippen molar-refractivity contribution in [1.82, 2.24) is 5.32 Å². The Bertz CT molecular complexity index is 510. The molecule has 0 heterocycles. The minimum absolute atomic E-state index is 0.124. The molecule has 2 rings (SSSR count). The first-order valence-electron chi connectivity index (χ1n) is 7.74. The van der Waals surface area contributed by atoms with Gasteiger partial charge in [-0.2, -0.15) is 0 Å². The highest BCUT2D eigenvalue weighted by Gasteiger charge is 2.25. The average Bonchev–Trinajstić information content (AvgIpc) is 3.29. The van der Waals surface area contributed by atoms with Gasteiger partial charge >= 0.3 is 0 Å². The van der Waals surface area contributed by atoms with E-state index in [-0.39, 0.29) is 5.91 Å². The van der Waals surface area contributed by atoms with Crippen LogP contribution in [-0.2, 0) is 16.0 Å². The molecule has 114 valence electrons. The summed E-state index contributed by atoms with van der Waals surface area (Å²) in [6, 6.07) is 5.57. The molecule has 1 aliphatic carbocycles. The Kier molecular flexibility index (Phi) is 5.37. The Balaban J connectivity index is 2.00. The Morgan fingerprint density at radius 3 is 2.81 bits per heavy atom. The van der Waals surface area contributed by atoms with Gasteiger partial charge in [0.05, 0.1) is 0 Å². The lowest BCUT2D eigenvalue weighted by Crippen LogP contribution is -2.40. The summed E-state index contributed by atoms with van der Waals surface area (Å²) < 4.78 is 0. The van der Waals surface area contributed by atoms with E-state index in [1.165, 1.54) is 18.4 Å². The standard InChI is InChI=1S/C17H24N2O2/c1-3-14-10-12(2)4-8-15(14)19-17(21)16(18-11-20)9-7-13-5-6-13/h4,8,10-11,13,16H,3,5-7,9H2,1-2H3,(H,18,20)(H,19,21). The first-order valence-corrected chi connectivity index (χ1v) is 7.74. The summed E-state index contributed by atoms with van der Waals surface area (Å²) in [7, 11) is 0. The number of benzene rings is 1. The maximum Gasteiger partial charge on any atom is 0.246 e. The highest BCUT2D eigenvalue weighted by Crippen LogP contribution is 2.34. The fourth-order valence-electron chi connectivity index (χ4n) is 2.54. The zero-order valence-electron chi connectivity index (χ0n) is 12.8. The van der Waals surface area contributed by atoms with Gasteiger partial charge in [0, 0.05) is 5.69 Å². The molecule has 1 aromatic rings. The lowest BCUT2D eigenvalue weighted by atomic mass is 10.1. The van der Waals surface area contributed by atoms with E-state index in [1.54, 1.807) is 0 Å². The molecule has 0 aliphatic heterocycles. The number of amides is 2. The molecule has 2 N–H and O–H groups in total. The molecule has 1 aromatic carbocycles. The van der Waals surface area contributed by atoms with Crippen molar-refractivity contribution >= 4 is 18.0 Å². The number of hydrogen-bond donors (Lipinski definition) is 2. The average molecular weight is 288 g/mol. The number of nitrogens with one attached hydrogen (secondary N) is 2. The van der Waals surface area contributed by atoms with Crippen LogP contribution in [0.1, 0.15) is 43.7 Å². The predicted octanol–water partition coefficient (Wildman–Crippen LogP) is 2.80. The van der Waals surface area contributed by atoms with E-state index in [4.69, 9.17) is 0 Å². The highest BCUT2D eigenvalue weighted by atomic mass is 16.2. The fraction of sp³-hybridized carbons (Fsp3) is 0.529. The SMILES string of the molecule is CCc1cc(C)ccc1NC(=O)C(CCC1CC1)NC=O. The number of rotatable bonds is 8. The van der Waals surface area contributed by atoms with Gasteiger partial charge in [-0.25, -0.2) is 0 Å². The van der Waals surface area contributed by atoms with Crippen molar-refractivity contribution in [2.45, 2.75) is 52.0 Å². The number of carbonyl (C=O) groups excluding carboxylic acids is 2. The summed E-state index contributed by atoms with van der Waals surface area (Å²) in [6.45, 7) is 4.11. The van der Waals surface area contributed by atoms with Crippen LogP contribution in [0.3, 0.4) is 0 Å². The predicted molar refractivity (Wildman–Crippen MR) is 84.1 cm³/mol. The Morgan fingerprint density at radius 1 is 1.43 bits per heavy atom. The van der Waals surface area contributed by atoms with E-state index >= 15 is 0 Å². The minimum atomic E-state index is -0.436. The molecule has 0 bridgehead atoms. The second-order valence-electron chi connectivity index (χ2n) is 5.86. The first kappa shape index (κ1) is 15.5. The van der Waals surface area contributed by atoms with Crippen LogP contribution in [0.25, 0.3) is 0 Å². The summed E-state index contributed by atoms with van der Waals surface area (Å²) in [5.41, 5.74) is 3.15. The molecule has 0 radical (unpaired) electrons. The largest absolute Gasteiger partial charge is 0.347 e. The van der Waals surface area contributed by atoms with Crippen LogP contribution in [0.2, 0.25) is 0 Å². The molecule has 1 fully saturated rings. The first-order chi connectivity index (χ1) is 10.1. The summed E-state index contributed by atoms with van der Waals surface area (Å²) in [5, 5.41) is 5.60. The topological polar surface area (TPSA) is 58.2 Å². The van der Waals surface area contributed by atoms with Gasteiger partial charge in [0.25, 0.3) is 0 Å². The zero-order chi connectivity index (χ0) is 15.2. The monoisotopic (exact) mass is 288 g/mol. The van der Waals surface area contributed by atoms with Crippen LogP contribution < -0.4 is 10.6 Å². The molecule has 1 aliphatic rings. The fourth-order valence-corrected chi connectivity index (χ4v) is 2.54. The van der Waals surface area contributed by atoms with Gasteiger partial charge in [-0.1, -0.05) is 37.5 Å². The van der Waals surface area contributed by atoms with Gasteiger partial charge in [-0.3, -0.25) is 9.59 Å². The summed E-state index contributed by atoms with van der Waals surface area (Å²) >= 11 is 0. The molecule has 21 heavy (non-hydrogen) atoms. The molecule has 1 atom stereocenters. The Labute approximate surface area is 126 Å². The van der Waals surface area contributed by atoms with Crippen LogP contribution in [0.15, 0.2) is 18.2 Å². The maximum atomic E-state index is 12.4. The molecule has 4 heteroatoms. The zero-order valence-corrected chi connectivity index (χ0v) is 12.8. The van der Waals surface area contributed by atoms with E-state index in [0.29, 0.717) is 12.8 Å². The van der Waals surface area contributed by atoms with Gasteiger partial charge in [0.2, 0.25) is 12.3 Å². The Morgan fingerprint density at radius 2 is 2.19 bits per heavy atom. The molecule has 1 unspecified atom stereocenters. The molecule has 0 saturated heterocycles. The summed E-state index contributed by atoms with van der Waals surface area (Å²) in [6.07, 6.45) is 5.72. The molecule has 0 spiro atoms. The van der Waals surface area contributed by atoms with E-state index in [2.05, 4.69) is 23.6 Å². The second-order valence-corrected chi connectivity index (χ2v) is 5.86. The molecular formula is C17H24N2O2. The molecule has 1 saturated carbocycles. The van der Waals surface area contributed by atoms with Gasteiger partial charge in [0.15, 0.2) is 0 Å². The third-order valence-corrected chi connectivity index (χ3v) is 4.05. The van der Waals surface area contributed by atoms with E-state index < -0.39 is 6.04 Å². The van der Waals surface area contributed by atoms with Gasteiger partial charge in [-0.05, 0) is 43.7 Å². The van der Waals surface area contributed by atoms with Gasteiger partial charge in [0.1, 0.15) is 6.04 Å². The van der Waals surface area contributed by atoms with Crippen molar-refractivity contribution in [3.63, 3.8) is 0 Å². The van der Waals surface area contributed by atoms with Crippen molar-refractivity contribution in [3.05, 3.63) is 29.3 Å². The molecule has 2 amide bonds. The third kappa shape index (κ3) is 4.59. The van der Waals surface area contributed by atoms with Crippen molar-refractivity contribution in [3.8, 4) is 0 Å². The minimum Gasteiger partial charge on any atom is -0.347 e. The van der Waals surface area contributed by atoms with Crippen molar-refractivity contribution in [2.24, 2.45) is 5.92 Å². The Hall–Kier alpha value is -1.84. The van der Waals surface area contributed by atoms with Crippen LogP contribution in [-0.4, -0.2) is 18.4 Å². The molecule has 0 aromatic heterocycles. The van der Waals surface area contributed by atoms with Gasteiger partial charge in [-0.15, -0.1) is 0 Å². The lowest BCUT2D eigenvalue weighted by Gasteiger charge is -2.17. The van der Waals surface area contributed by atoms with Crippen molar-refractivity contribution in [2.75, 3.05) is 5.32 Å². The summed E-state index contributed by atoms with van der Waals surface area (Å²) in [4.78, 5) is 23.1. The van der Waals surface area contributed by atoms with Crippen LogP contribution in [0, 0.1) is 12.8 Å². The van der Waals surface area contributed by atoms with E-state index in [9.17, 15) is 9.59 Å². The van der Waals surface area contributed by atoms with E-state index in [0.717, 1.165) is 30.0 Å². The van der Waals surface area contributed by atoms with Gasteiger partial charge < -0.3 is 10.6 Å². The van der Waals surface area contributed by atoms with Crippen LogP contribution in [0.5, 0.6) is 0 Å². The quantitative estimate of drug-likeness (QED) is 0.723. The highest BCUT2D eigenvalue weighted by molar-refractivity contribution is 5.96. The van der Waals surface area contributed by atoms with Crippen molar-refractivity contribution in [1.29, 1.82) is 0 Å². The van der Waals surface area contributed by atoms with Crippen LogP contribution >= 0.6 is 0 Å². The number of aryl methyl sites for hydroxylation is 2. The van der Waals surface area contributed by atoms with Crippen molar-refractivity contribution < 1.29 is 9.59 Å².